The van der Waals surface area contributed by atoms with Gasteiger partial charge in [0.2, 0.25) is 0 Å². The van der Waals surface area contributed by atoms with Gasteiger partial charge in [0.05, 0.1) is 12.0 Å². The van der Waals surface area contributed by atoms with Gasteiger partial charge in [-0.15, -0.1) is 0 Å². The van der Waals surface area contributed by atoms with Crippen LogP contribution in [0.5, 0.6) is 0 Å². The predicted molar refractivity (Wildman–Crippen MR) is 75.4 cm³/mol. The van der Waals surface area contributed by atoms with Crippen LogP contribution in [0.25, 0.3) is 0 Å². The Morgan fingerprint density at radius 3 is 2.72 bits per heavy atom. The Morgan fingerprint density at radius 2 is 2.06 bits per heavy atom. The Bertz CT molecular complexity index is 402. The molecule has 18 heavy (non-hydrogen) atoms. The minimum atomic E-state index is 0.185. The average molecular weight is 242 g/mol. The normalized spacial score (nSPS) is 22.7. The van der Waals surface area contributed by atoms with E-state index in [0.29, 0.717) is 6.04 Å². The van der Waals surface area contributed by atoms with Crippen LogP contribution in [-0.4, -0.2) is 6.04 Å². The third kappa shape index (κ3) is 3.26. The summed E-state index contributed by atoms with van der Waals surface area (Å²) in [5, 5.41) is 12.6. The van der Waals surface area contributed by atoms with Gasteiger partial charge >= 0.3 is 0 Å². The molecule has 0 bridgehead atoms. The van der Waals surface area contributed by atoms with Crippen LogP contribution in [-0.2, 0) is 6.42 Å². The second-order valence-corrected chi connectivity index (χ2v) is 5.22. The standard InChI is InChI=1S/C16H22N2/c1-2-3-5-13-8-10-15(11-9-13)18-16-7-4-6-14(16)12-17/h8-11,14,16,18H,2-7H2,1H3. The lowest BCUT2D eigenvalue weighted by atomic mass is 10.0. The summed E-state index contributed by atoms with van der Waals surface area (Å²) in [5.74, 6) is 0.185. The van der Waals surface area contributed by atoms with Crippen LogP contribution in [0.1, 0.15) is 44.6 Å². The molecule has 0 heterocycles. The molecule has 1 aliphatic rings. The van der Waals surface area contributed by atoms with Gasteiger partial charge in [0.1, 0.15) is 0 Å². The van der Waals surface area contributed by atoms with E-state index >= 15 is 0 Å². The number of aryl methyl sites for hydroxylation is 1. The maximum atomic E-state index is 9.07. The van der Waals surface area contributed by atoms with E-state index in [4.69, 9.17) is 5.26 Å². The molecule has 1 aromatic rings. The molecule has 1 N–H and O–H groups in total. The number of nitrogens with one attached hydrogen (secondary N) is 1. The molecule has 0 saturated heterocycles. The Morgan fingerprint density at radius 1 is 1.28 bits per heavy atom. The molecule has 0 radical (unpaired) electrons. The van der Waals surface area contributed by atoms with Gasteiger partial charge in [-0.1, -0.05) is 25.5 Å². The van der Waals surface area contributed by atoms with Gasteiger partial charge in [-0.2, -0.15) is 5.26 Å². The van der Waals surface area contributed by atoms with E-state index < -0.39 is 0 Å². The van der Waals surface area contributed by atoms with E-state index in [1.54, 1.807) is 0 Å². The Kier molecular flexibility index (Phi) is 4.64. The fourth-order valence-electron chi connectivity index (χ4n) is 2.65. The highest BCUT2D eigenvalue weighted by Gasteiger charge is 2.26. The Hall–Kier alpha value is -1.49. The fourth-order valence-corrected chi connectivity index (χ4v) is 2.65. The van der Waals surface area contributed by atoms with Gasteiger partial charge in [0.25, 0.3) is 0 Å². The highest BCUT2D eigenvalue weighted by molar-refractivity contribution is 5.46. The minimum Gasteiger partial charge on any atom is -0.381 e. The maximum absolute atomic E-state index is 9.07. The third-order valence-corrected chi connectivity index (χ3v) is 3.81. The summed E-state index contributed by atoms with van der Waals surface area (Å²) in [5.41, 5.74) is 2.56. The molecule has 1 fully saturated rings. The van der Waals surface area contributed by atoms with Gasteiger partial charge in [0.15, 0.2) is 0 Å². The van der Waals surface area contributed by atoms with E-state index in [1.807, 2.05) is 0 Å². The molecule has 96 valence electrons. The first-order valence-corrected chi connectivity index (χ1v) is 7.08. The smallest absolute Gasteiger partial charge is 0.0677 e. The zero-order valence-electron chi connectivity index (χ0n) is 11.2. The van der Waals surface area contributed by atoms with Crippen molar-refractivity contribution in [2.45, 2.75) is 51.5 Å². The van der Waals surface area contributed by atoms with Crippen molar-refractivity contribution in [2.24, 2.45) is 5.92 Å². The molecule has 2 nitrogen and oxygen atoms in total. The number of unbranched alkanes of at least 4 members (excludes halogenated alkanes) is 1. The molecule has 2 heteroatoms. The molecule has 0 aromatic heterocycles. The second-order valence-electron chi connectivity index (χ2n) is 5.22. The Labute approximate surface area is 110 Å². The van der Waals surface area contributed by atoms with Gasteiger partial charge in [-0.3, -0.25) is 0 Å². The summed E-state index contributed by atoms with van der Waals surface area (Å²) in [6.45, 7) is 2.22. The molecule has 1 aliphatic carbocycles. The van der Waals surface area contributed by atoms with Crippen molar-refractivity contribution in [1.82, 2.24) is 0 Å². The van der Waals surface area contributed by atoms with Crippen molar-refractivity contribution in [1.29, 1.82) is 5.26 Å². The largest absolute Gasteiger partial charge is 0.381 e. The van der Waals surface area contributed by atoms with Crippen LogP contribution in [0.3, 0.4) is 0 Å². The monoisotopic (exact) mass is 242 g/mol. The molecule has 0 amide bonds. The van der Waals surface area contributed by atoms with Crippen LogP contribution >= 0.6 is 0 Å². The zero-order chi connectivity index (χ0) is 12.8. The molecular weight excluding hydrogens is 220 g/mol. The minimum absolute atomic E-state index is 0.185. The van der Waals surface area contributed by atoms with E-state index in [9.17, 15) is 0 Å². The van der Waals surface area contributed by atoms with Crippen molar-refractivity contribution in [3.63, 3.8) is 0 Å². The Balaban J connectivity index is 1.92. The average Bonchev–Trinajstić information content (AvgIpc) is 2.85. The first-order valence-electron chi connectivity index (χ1n) is 7.08. The lowest BCUT2D eigenvalue weighted by Crippen LogP contribution is -2.22. The van der Waals surface area contributed by atoms with Crippen molar-refractivity contribution in [3.05, 3.63) is 29.8 Å². The number of hydrogen-bond acceptors (Lipinski definition) is 2. The van der Waals surface area contributed by atoms with Crippen LogP contribution in [0.2, 0.25) is 0 Å². The highest BCUT2D eigenvalue weighted by atomic mass is 14.9. The van der Waals surface area contributed by atoms with Gasteiger partial charge in [-0.05, 0) is 49.8 Å². The van der Waals surface area contributed by atoms with Crippen molar-refractivity contribution < 1.29 is 0 Å². The molecule has 2 atom stereocenters. The van der Waals surface area contributed by atoms with Gasteiger partial charge in [-0.25, -0.2) is 0 Å². The predicted octanol–water partition coefficient (Wildman–Crippen LogP) is 4.13. The van der Waals surface area contributed by atoms with Crippen LogP contribution in [0, 0.1) is 17.2 Å². The number of benzene rings is 1. The number of rotatable bonds is 5. The first-order chi connectivity index (χ1) is 8.83. The summed E-state index contributed by atoms with van der Waals surface area (Å²) >= 11 is 0. The quantitative estimate of drug-likeness (QED) is 0.842. The lowest BCUT2D eigenvalue weighted by Gasteiger charge is -2.17. The van der Waals surface area contributed by atoms with Crippen molar-refractivity contribution >= 4 is 5.69 Å². The molecule has 0 spiro atoms. The molecule has 0 aliphatic heterocycles. The number of hydrogen-bond donors (Lipinski definition) is 1. The van der Waals surface area contributed by atoms with Crippen LogP contribution in [0.4, 0.5) is 5.69 Å². The SMILES string of the molecule is CCCCc1ccc(NC2CCCC2C#N)cc1. The lowest BCUT2D eigenvalue weighted by molar-refractivity contribution is 0.630. The molecular formula is C16H22N2. The summed E-state index contributed by atoms with van der Waals surface area (Å²) in [6, 6.07) is 11.5. The molecule has 1 aromatic carbocycles. The summed E-state index contributed by atoms with van der Waals surface area (Å²) in [7, 11) is 0. The number of nitriles is 1. The van der Waals surface area contributed by atoms with Gasteiger partial charge < -0.3 is 5.32 Å². The summed E-state index contributed by atoms with van der Waals surface area (Å²) < 4.78 is 0. The van der Waals surface area contributed by atoms with Crippen LogP contribution in [0.15, 0.2) is 24.3 Å². The molecule has 1 saturated carbocycles. The van der Waals surface area contributed by atoms with Gasteiger partial charge in [0, 0.05) is 11.7 Å². The first kappa shape index (κ1) is 13.0. The highest BCUT2D eigenvalue weighted by Crippen LogP contribution is 2.28. The molecule has 2 unspecified atom stereocenters. The topological polar surface area (TPSA) is 35.8 Å². The van der Waals surface area contributed by atoms with Crippen LogP contribution < -0.4 is 5.32 Å². The second kappa shape index (κ2) is 6.44. The van der Waals surface area contributed by atoms with Crippen molar-refractivity contribution in [2.75, 3.05) is 5.32 Å². The fraction of sp³-hybridized carbons (Fsp3) is 0.562. The number of anilines is 1. The maximum Gasteiger partial charge on any atom is 0.0677 e. The van der Waals surface area contributed by atoms with Crippen molar-refractivity contribution in [3.8, 4) is 6.07 Å². The van der Waals surface area contributed by atoms with E-state index in [1.165, 1.54) is 31.2 Å². The third-order valence-electron chi connectivity index (χ3n) is 3.81. The molecule has 2 rings (SSSR count). The van der Waals surface area contributed by atoms with E-state index in [-0.39, 0.29) is 5.92 Å². The number of nitrogens with zero attached hydrogens (tertiary/aromatic N) is 1. The van der Waals surface area contributed by atoms with E-state index in [2.05, 4.69) is 42.6 Å². The summed E-state index contributed by atoms with van der Waals surface area (Å²) in [4.78, 5) is 0. The van der Waals surface area contributed by atoms with E-state index in [0.717, 1.165) is 18.5 Å². The zero-order valence-corrected chi connectivity index (χ0v) is 11.2. The summed E-state index contributed by atoms with van der Waals surface area (Å²) in [6.07, 6.45) is 7.00.